The van der Waals surface area contributed by atoms with Crippen LogP contribution in [0.1, 0.15) is 19.4 Å². The number of halogens is 4. The van der Waals surface area contributed by atoms with Crippen molar-refractivity contribution < 1.29 is 22.4 Å². The fourth-order valence-electron chi connectivity index (χ4n) is 2.73. The molecule has 0 saturated carbocycles. The van der Waals surface area contributed by atoms with Gasteiger partial charge < -0.3 is 9.80 Å². The van der Waals surface area contributed by atoms with E-state index in [0.29, 0.717) is 54.1 Å². The van der Waals surface area contributed by atoms with E-state index in [4.69, 9.17) is 0 Å². The van der Waals surface area contributed by atoms with Crippen molar-refractivity contribution >= 4 is 23.4 Å². The second-order valence-corrected chi connectivity index (χ2v) is 7.46. The summed E-state index contributed by atoms with van der Waals surface area (Å²) in [5.41, 5.74) is 0.788. The molecule has 1 aromatic carbocycles. The van der Waals surface area contributed by atoms with E-state index in [0.717, 1.165) is 0 Å². The van der Waals surface area contributed by atoms with Gasteiger partial charge in [0.15, 0.2) is 0 Å². The van der Waals surface area contributed by atoms with Crippen molar-refractivity contribution in [2.24, 2.45) is 5.92 Å². The molecular weight excluding hydrogens is 356 g/mol. The summed E-state index contributed by atoms with van der Waals surface area (Å²) in [6, 6.07) is 2.76. The number of carbonyl (C=O) groups excluding carboxylic acids is 1. The van der Waals surface area contributed by atoms with Crippen molar-refractivity contribution in [3.8, 4) is 0 Å². The number of aryl methyl sites for hydroxylation is 1. The van der Waals surface area contributed by atoms with Crippen LogP contribution < -0.4 is 4.90 Å². The van der Waals surface area contributed by atoms with Gasteiger partial charge in [-0.1, -0.05) is 13.8 Å². The Morgan fingerprint density at radius 1 is 1.20 bits per heavy atom. The van der Waals surface area contributed by atoms with Crippen LogP contribution in [0, 0.1) is 18.7 Å². The number of rotatable bonds is 4. The number of carbonyl (C=O) groups is 1. The standard InChI is InChI=1S/C17H22F4N2OS/c1-11(2)16(24)23-6-4-22(5-7-23)14-9-15(12(3)8-13(14)18)25-10-17(19,20)21/h8-9,11H,4-7,10H2,1-3H3. The zero-order chi connectivity index (χ0) is 18.8. The molecule has 0 N–H and O–H groups in total. The van der Waals surface area contributed by atoms with E-state index in [9.17, 15) is 22.4 Å². The number of alkyl halides is 3. The Morgan fingerprint density at radius 2 is 1.80 bits per heavy atom. The van der Waals surface area contributed by atoms with Crippen LogP contribution in [-0.2, 0) is 4.79 Å². The molecule has 0 aliphatic carbocycles. The topological polar surface area (TPSA) is 23.6 Å². The van der Waals surface area contributed by atoms with E-state index in [2.05, 4.69) is 0 Å². The van der Waals surface area contributed by atoms with Gasteiger partial charge in [-0.05, 0) is 24.6 Å². The quantitative estimate of drug-likeness (QED) is 0.582. The Morgan fingerprint density at radius 3 is 2.32 bits per heavy atom. The second kappa shape index (κ2) is 7.85. The van der Waals surface area contributed by atoms with Crippen molar-refractivity contribution in [3.05, 3.63) is 23.5 Å². The third-order valence-electron chi connectivity index (χ3n) is 4.06. The molecule has 140 valence electrons. The van der Waals surface area contributed by atoms with Gasteiger partial charge in [-0.3, -0.25) is 4.79 Å². The number of hydrogen-bond acceptors (Lipinski definition) is 3. The molecule has 1 aliphatic heterocycles. The summed E-state index contributed by atoms with van der Waals surface area (Å²) in [6.45, 7) is 7.15. The maximum Gasteiger partial charge on any atom is 0.398 e. The van der Waals surface area contributed by atoms with Gasteiger partial charge in [0.25, 0.3) is 0 Å². The van der Waals surface area contributed by atoms with Crippen molar-refractivity contribution in [1.82, 2.24) is 4.90 Å². The van der Waals surface area contributed by atoms with Crippen LogP contribution in [0.5, 0.6) is 0 Å². The highest BCUT2D eigenvalue weighted by atomic mass is 32.2. The average molecular weight is 378 g/mol. The summed E-state index contributed by atoms with van der Waals surface area (Å²) in [7, 11) is 0. The zero-order valence-electron chi connectivity index (χ0n) is 14.5. The first-order valence-corrected chi connectivity index (χ1v) is 9.10. The van der Waals surface area contributed by atoms with Crippen LogP contribution in [0.15, 0.2) is 17.0 Å². The Hall–Kier alpha value is -1.44. The monoisotopic (exact) mass is 378 g/mol. The third kappa shape index (κ3) is 5.26. The van der Waals surface area contributed by atoms with Crippen molar-refractivity contribution in [2.45, 2.75) is 31.8 Å². The molecule has 1 aromatic rings. The lowest BCUT2D eigenvalue weighted by atomic mass is 10.1. The Balaban J connectivity index is 2.10. The minimum Gasteiger partial charge on any atom is -0.366 e. The van der Waals surface area contributed by atoms with E-state index < -0.39 is 17.7 Å². The largest absolute Gasteiger partial charge is 0.398 e. The van der Waals surface area contributed by atoms with Crippen LogP contribution in [0.3, 0.4) is 0 Å². The average Bonchev–Trinajstić information content (AvgIpc) is 2.52. The fraction of sp³-hybridized carbons (Fsp3) is 0.588. The molecule has 1 saturated heterocycles. The highest BCUT2D eigenvalue weighted by molar-refractivity contribution is 7.99. The smallest absolute Gasteiger partial charge is 0.366 e. The van der Waals surface area contributed by atoms with Crippen molar-refractivity contribution in [3.63, 3.8) is 0 Å². The summed E-state index contributed by atoms with van der Waals surface area (Å²) < 4.78 is 51.7. The number of anilines is 1. The molecule has 0 aromatic heterocycles. The number of amides is 1. The van der Waals surface area contributed by atoms with Crippen LogP contribution in [0.25, 0.3) is 0 Å². The Bertz CT molecular complexity index is 626. The summed E-state index contributed by atoms with van der Waals surface area (Å²) in [4.78, 5) is 16.0. The Kier molecular flexibility index (Phi) is 6.24. The minimum absolute atomic E-state index is 0.0606. The van der Waals surface area contributed by atoms with E-state index in [1.165, 1.54) is 12.1 Å². The van der Waals surface area contributed by atoms with E-state index >= 15 is 0 Å². The van der Waals surface area contributed by atoms with Crippen molar-refractivity contribution in [1.29, 1.82) is 0 Å². The molecule has 1 fully saturated rings. The lowest BCUT2D eigenvalue weighted by molar-refractivity contribution is -0.134. The number of thioether (sulfide) groups is 1. The molecule has 25 heavy (non-hydrogen) atoms. The Labute approximate surface area is 149 Å². The first kappa shape index (κ1) is 19.9. The van der Waals surface area contributed by atoms with Gasteiger partial charge in [0.1, 0.15) is 5.82 Å². The zero-order valence-corrected chi connectivity index (χ0v) is 15.3. The molecule has 0 bridgehead atoms. The van der Waals surface area contributed by atoms with E-state index in [1.54, 1.807) is 16.7 Å². The summed E-state index contributed by atoms with van der Waals surface area (Å²) >= 11 is 0.667. The highest BCUT2D eigenvalue weighted by Crippen LogP contribution is 2.34. The van der Waals surface area contributed by atoms with Gasteiger partial charge in [0, 0.05) is 37.0 Å². The van der Waals surface area contributed by atoms with Crippen LogP contribution in [0.4, 0.5) is 23.2 Å². The van der Waals surface area contributed by atoms with E-state index in [1.807, 2.05) is 13.8 Å². The van der Waals surface area contributed by atoms with Gasteiger partial charge in [0.2, 0.25) is 5.91 Å². The summed E-state index contributed by atoms with van der Waals surface area (Å²) in [6.07, 6.45) is -4.27. The molecule has 1 amide bonds. The highest BCUT2D eigenvalue weighted by Gasteiger charge is 2.28. The molecule has 1 heterocycles. The number of hydrogen-bond donors (Lipinski definition) is 0. The predicted molar refractivity (Wildman–Crippen MR) is 91.5 cm³/mol. The first-order chi connectivity index (χ1) is 11.6. The molecule has 0 unspecified atom stereocenters. The SMILES string of the molecule is Cc1cc(F)c(N2CCN(C(=O)C(C)C)CC2)cc1SCC(F)(F)F. The van der Waals surface area contributed by atoms with Crippen LogP contribution >= 0.6 is 11.8 Å². The summed E-state index contributed by atoms with van der Waals surface area (Å²) in [5, 5.41) is 0. The minimum atomic E-state index is -4.27. The number of nitrogens with zero attached hydrogens (tertiary/aromatic N) is 2. The number of piperazine rings is 1. The molecule has 8 heteroatoms. The molecule has 0 atom stereocenters. The van der Waals surface area contributed by atoms with Crippen LogP contribution in [-0.4, -0.2) is 48.9 Å². The van der Waals surface area contributed by atoms with Gasteiger partial charge in [-0.25, -0.2) is 4.39 Å². The van der Waals surface area contributed by atoms with Crippen LogP contribution in [0.2, 0.25) is 0 Å². The first-order valence-electron chi connectivity index (χ1n) is 8.12. The molecule has 0 spiro atoms. The maximum absolute atomic E-state index is 14.3. The maximum atomic E-state index is 14.3. The number of benzene rings is 1. The van der Waals surface area contributed by atoms with E-state index in [-0.39, 0.29) is 11.8 Å². The summed E-state index contributed by atoms with van der Waals surface area (Å²) in [5.74, 6) is -1.48. The van der Waals surface area contributed by atoms with Crippen molar-refractivity contribution in [2.75, 3.05) is 36.8 Å². The second-order valence-electron chi connectivity index (χ2n) is 6.44. The molecule has 2 rings (SSSR count). The molecular formula is C17H22F4N2OS. The van der Waals surface area contributed by atoms with Gasteiger partial charge in [0.05, 0.1) is 11.4 Å². The third-order valence-corrected chi connectivity index (χ3v) is 5.28. The molecule has 1 aliphatic rings. The lowest BCUT2D eigenvalue weighted by Crippen LogP contribution is -2.50. The molecule has 3 nitrogen and oxygen atoms in total. The fourth-order valence-corrected chi connectivity index (χ4v) is 3.53. The predicted octanol–water partition coefficient (Wildman–Crippen LogP) is 4.09. The lowest BCUT2D eigenvalue weighted by Gasteiger charge is -2.37. The normalized spacial score (nSPS) is 15.8. The molecule has 0 radical (unpaired) electrons. The van der Waals surface area contributed by atoms with Gasteiger partial charge in [-0.2, -0.15) is 13.2 Å². The van der Waals surface area contributed by atoms with Gasteiger partial charge in [-0.15, -0.1) is 11.8 Å². The van der Waals surface area contributed by atoms with Gasteiger partial charge >= 0.3 is 6.18 Å².